The van der Waals surface area contributed by atoms with Gasteiger partial charge < -0.3 is 5.32 Å². The molecule has 4 unspecified atom stereocenters. The van der Waals surface area contributed by atoms with Gasteiger partial charge in [0.15, 0.2) is 0 Å². The first-order valence-electron chi connectivity index (χ1n) is 11.4. The molecule has 1 N–H and O–H groups in total. The van der Waals surface area contributed by atoms with Gasteiger partial charge in [0.25, 0.3) is 0 Å². The molecule has 4 bridgehead atoms. The van der Waals surface area contributed by atoms with E-state index in [-0.39, 0.29) is 0 Å². The molecule has 1 heterocycles. The number of hydrogen-bond donors (Lipinski definition) is 1. The monoisotopic (exact) mass is 351 g/mol. The Hall–Kier alpha value is -0.820. The van der Waals surface area contributed by atoms with Crippen LogP contribution in [0.5, 0.6) is 0 Å². The van der Waals surface area contributed by atoms with E-state index in [2.05, 4.69) is 42.6 Å². The number of nitrogens with one attached hydrogen (secondary N) is 1. The van der Waals surface area contributed by atoms with Gasteiger partial charge in [0.1, 0.15) is 0 Å². The predicted molar refractivity (Wildman–Crippen MR) is 109 cm³/mol. The highest BCUT2D eigenvalue weighted by Gasteiger charge is 2.62. The Kier molecular flexibility index (Phi) is 4.23. The Morgan fingerprint density at radius 3 is 2.42 bits per heavy atom. The van der Waals surface area contributed by atoms with Gasteiger partial charge in [0.2, 0.25) is 0 Å². The molecule has 1 aromatic carbocycles. The van der Waals surface area contributed by atoms with Crippen LogP contribution in [0.1, 0.15) is 83.1 Å². The maximum absolute atomic E-state index is 3.55. The van der Waals surface area contributed by atoms with Crippen LogP contribution in [0.3, 0.4) is 0 Å². The van der Waals surface area contributed by atoms with Gasteiger partial charge in [-0.3, -0.25) is 0 Å². The lowest BCUT2D eigenvalue weighted by Crippen LogP contribution is -2.58. The summed E-state index contributed by atoms with van der Waals surface area (Å²) in [6.45, 7) is 5.01. The molecule has 6 rings (SSSR count). The fourth-order valence-corrected chi connectivity index (χ4v) is 8.31. The van der Waals surface area contributed by atoms with Crippen molar-refractivity contribution in [2.75, 3.05) is 13.1 Å². The standard InChI is InChI=1S/C25H37N/c1-2-23-14-21-15-24(17-23,11-8-20-9-12-26-13-10-20)19-25(16-21,18-23)22-6-4-3-5-7-22/h3-7,20-21,26H,2,8-19H2,1H3. The van der Waals surface area contributed by atoms with E-state index in [9.17, 15) is 0 Å². The number of benzene rings is 1. The summed E-state index contributed by atoms with van der Waals surface area (Å²) in [7, 11) is 0. The Balaban J connectivity index is 1.43. The highest BCUT2D eigenvalue weighted by molar-refractivity contribution is 5.31. The molecule has 1 nitrogen and oxygen atoms in total. The second-order valence-corrected chi connectivity index (χ2v) is 10.7. The van der Waals surface area contributed by atoms with Crippen molar-refractivity contribution in [3.63, 3.8) is 0 Å². The summed E-state index contributed by atoms with van der Waals surface area (Å²) >= 11 is 0. The highest BCUT2D eigenvalue weighted by Crippen LogP contribution is 2.72. The summed E-state index contributed by atoms with van der Waals surface area (Å²) in [5.74, 6) is 1.99. The molecular formula is C25H37N. The van der Waals surface area contributed by atoms with E-state index in [4.69, 9.17) is 0 Å². The lowest BCUT2D eigenvalue weighted by Gasteiger charge is -2.67. The third kappa shape index (κ3) is 2.86. The zero-order valence-electron chi connectivity index (χ0n) is 16.7. The van der Waals surface area contributed by atoms with Crippen LogP contribution in [0.4, 0.5) is 0 Å². The lowest BCUT2D eigenvalue weighted by atomic mass is 9.37. The van der Waals surface area contributed by atoms with E-state index in [1.54, 1.807) is 18.4 Å². The summed E-state index contributed by atoms with van der Waals surface area (Å²) in [5.41, 5.74) is 3.50. The lowest BCUT2D eigenvalue weighted by molar-refractivity contribution is -0.133. The maximum Gasteiger partial charge on any atom is -0.00338 e. The molecule has 4 saturated carbocycles. The minimum Gasteiger partial charge on any atom is -0.317 e. The quantitative estimate of drug-likeness (QED) is 0.677. The van der Waals surface area contributed by atoms with E-state index >= 15 is 0 Å². The van der Waals surface area contributed by atoms with Crippen molar-refractivity contribution in [1.29, 1.82) is 0 Å². The normalized spacial score (nSPS) is 42.3. The number of rotatable bonds is 5. The first-order chi connectivity index (χ1) is 12.7. The minimum absolute atomic E-state index is 0.505. The van der Waals surface area contributed by atoms with Crippen LogP contribution < -0.4 is 5.32 Å². The Morgan fingerprint density at radius 2 is 1.65 bits per heavy atom. The van der Waals surface area contributed by atoms with Crippen LogP contribution >= 0.6 is 0 Å². The van der Waals surface area contributed by atoms with Gasteiger partial charge in [-0.25, -0.2) is 0 Å². The molecule has 0 aromatic heterocycles. The molecule has 4 atom stereocenters. The zero-order chi connectivity index (χ0) is 17.7. The van der Waals surface area contributed by atoms with Gasteiger partial charge in [-0.15, -0.1) is 0 Å². The van der Waals surface area contributed by atoms with Crippen molar-refractivity contribution in [3.05, 3.63) is 35.9 Å². The molecule has 0 spiro atoms. The van der Waals surface area contributed by atoms with Crippen LogP contribution in [0.25, 0.3) is 0 Å². The van der Waals surface area contributed by atoms with E-state index in [1.807, 2.05) is 0 Å². The first-order valence-corrected chi connectivity index (χ1v) is 11.4. The van der Waals surface area contributed by atoms with Crippen LogP contribution in [0.2, 0.25) is 0 Å². The first kappa shape index (κ1) is 17.3. The summed E-state index contributed by atoms with van der Waals surface area (Å²) in [4.78, 5) is 0. The molecule has 0 amide bonds. The van der Waals surface area contributed by atoms with Gasteiger partial charge in [-0.1, -0.05) is 43.7 Å². The summed E-state index contributed by atoms with van der Waals surface area (Å²) in [6.07, 6.45) is 16.3. The smallest absolute Gasteiger partial charge is 0.00338 e. The zero-order valence-corrected chi connectivity index (χ0v) is 16.7. The Morgan fingerprint density at radius 1 is 0.923 bits per heavy atom. The minimum atomic E-state index is 0.505. The number of hydrogen-bond acceptors (Lipinski definition) is 1. The van der Waals surface area contributed by atoms with E-state index in [1.165, 1.54) is 70.9 Å². The van der Waals surface area contributed by atoms with Crippen molar-refractivity contribution in [2.45, 2.75) is 83.0 Å². The molecule has 142 valence electrons. The molecule has 1 aromatic rings. The van der Waals surface area contributed by atoms with E-state index < -0.39 is 0 Å². The van der Waals surface area contributed by atoms with Gasteiger partial charge in [-0.05, 0) is 111 Å². The van der Waals surface area contributed by atoms with Gasteiger partial charge >= 0.3 is 0 Å². The van der Waals surface area contributed by atoms with Crippen molar-refractivity contribution in [1.82, 2.24) is 5.32 Å². The second kappa shape index (κ2) is 6.36. The Bertz CT molecular complexity index is 633. The number of piperidine rings is 1. The topological polar surface area (TPSA) is 12.0 Å². The largest absolute Gasteiger partial charge is 0.317 e. The van der Waals surface area contributed by atoms with Crippen molar-refractivity contribution in [2.24, 2.45) is 22.7 Å². The predicted octanol–water partition coefficient (Wildman–Crippen LogP) is 6.08. The fraction of sp³-hybridized carbons (Fsp3) is 0.760. The molecule has 4 aliphatic carbocycles. The molecule has 1 heteroatoms. The molecule has 5 aliphatic rings. The third-order valence-electron chi connectivity index (χ3n) is 8.98. The third-order valence-corrected chi connectivity index (χ3v) is 8.98. The summed E-state index contributed by atoms with van der Waals surface area (Å²) in [6, 6.07) is 11.7. The van der Waals surface area contributed by atoms with E-state index in [0.717, 1.165) is 11.8 Å². The van der Waals surface area contributed by atoms with Gasteiger partial charge in [-0.2, -0.15) is 0 Å². The summed E-state index contributed by atoms with van der Waals surface area (Å²) in [5, 5.41) is 3.55. The summed E-state index contributed by atoms with van der Waals surface area (Å²) < 4.78 is 0. The van der Waals surface area contributed by atoms with Crippen molar-refractivity contribution >= 4 is 0 Å². The second-order valence-electron chi connectivity index (χ2n) is 10.7. The van der Waals surface area contributed by atoms with Crippen LogP contribution in [-0.4, -0.2) is 13.1 Å². The van der Waals surface area contributed by atoms with Crippen LogP contribution in [0.15, 0.2) is 30.3 Å². The average molecular weight is 352 g/mol. The maximum atomic E-state index is 3.55. The average Bonchev–Trinajstić information content (AvgIpc) is 2.67. The molecule has 1 saturated heterocycles. The van der Waals surface area contributed by atoms with Crippen molar-refractivity contribution in [3.8, 4) is 0 Å². The highest BCUT2D eigenvalue weighted by atomic mass is 14.9. The molecule has 26 heavy (non-hydrogen) atoms. The molecule has 5 fully saturated rings. The van der Waals surface area contributed by atoms with Crippen LogP contribution in [-0.2, 0) is 5.41 Å². The van der Waals surface area contributed by atoms with Gasteiger partial charge in [0.05, 0.1) is 0 Å². The van der Waals surface area contributed by atoms with Crippen molar-refractivity contribution < 1.29 is 0 Å². The Labute approximate surface area is 160 Å². The van der Waals surface area contributed by atoms with Gasteiger partial charge in [0, 0.05) is 0 Å². The molecule has 0 radical (unpaired) electrons. The molecular weight excluding hydrogens is 314 g/mol. The SMILES string of the molecule is CCC12CC3CC(CCC4CCNCC4)(C1)CC(c1ccccc1)(C3)C2. The van der Waals surface area contributed by atoms with Crippen LogP contribution in [0, 0.1) is 22.7 Å². The fourth-order valence-electron chi connectivity index (χ4n) is 8.31. The van der Waals surface area contributed by atoms with E-state index in [0.29, 0.717) is 16.2 Å². The molecule has 1 aliphatic heterocycles.